The van der Waals surface area contributed by atoms with Gasteiger partial charge >= 0.3 is 6.16 Å². The Balaban J connectivity index is 2.67. The fraction of sp³-hybridized carbons (Fsp3) is 0.364. The van der Waals surface area contributed by atoms with Crippen LogP contribution in [0.25, 0.3) is 0 Å². The Morgan fingerprint density at radius 2 is 1.81 bits per heavy atom. The summed E-state index contributed by atoms with van der Waals surface area (Å²) in [7, 11) is 0. The number of carbonyl (C=O) groups is 1. The maximum atomic E-state index is 12.8. The zero-order valence-electron chi connectivity index (χ0n) is 9.21. The molecule has 0 saturated carbocycles. The molecule has 0 heterocycles. The smallest absolute Gasteiger partial charge is 0.428 e. The molecule has 16 heavy (non-hydrogen) atoms. The molecule has 0 spiro atoms. The van der Waals surface area contributed by atoms with Crippen LogP contribution in [0.4, 0.5) is 13.6 Å². The van der Waals surface area contributed by atoms with E-state index in [0.717, 1.165) is 18.2 Å². The van der Waals surface area contributed by atoms with E-state index in [2.05, 4.69) is 4.74 Å². The molecule has 0 aliphatic heterocycles. The van der Waals surface area contributed by atoms with Gasteiger partial charge in [-0.2, -0.15) is 0 Å². The lowest BCUT2D eigenvalue weighted by molar-refractivity contribution is 0.0205. The maximum Gasteiger partial charge on any atom is 0.514 e. The Morgan fingerprint density at radius 1 is 1.19 bits per heavy atom. The highest BCUT2D eigenvalue weighted by atomic mass is 19.2. The predicted octanol–water partition coefficient (Wildman–Crippen LogP) is 3.28. The average Bonchev–Trinajstić information content (AvgIpc) is 2.08. The molecule has 1 aromatic rings. The molecule has 0 N–H and O–H groups in total. The van der Waals surface area contributed by atoms with E-state index < -0.39 is 23.4 Å². The first-order valence-electron chi connectivity index (χ1n) is 4.64. The third-order valence-electron chi connectivity index (χ3n) is 1.48. The lowest BCUT2D eigenvalue weighted by atomic mass is 10.2. The second-order valence-corrected chi connectivity index (χ2v) is 4.14. The highest BCUT2D eigenvalue weighted by molar-refractivity contribution is 5.64. The van der Waals surface area contributed by atoms with E-state index >= 15 is 0 Å². The van der Waals surface area contributed by atoms with Gasteiger partial charge in [-0.05, 0) is 32.9 Å². The lowest BCUT2D eigenvalue weighted by Gasteiger charge is -2.18. The number of ether oxygens (including phenoxy) is 2. The summed E-state index contributed by atoms with van der Waals surface area (Å²) in [6.07, 6.45) is -0.960. The molecule has 0 aliphatic rings. The molecule has 0 atom stereocenters. The lowest BCUT2D eigenvalue weighted by Crippen LogP contribution is -2.26. The highest BCUT2D eigenvalue weighted by Gasteiger charge is 2.18. The normalized spacial score (nSPS) is 11.1. The second-order valence-electron chi connectivity index (χ2n) is 4.14. The molecular weight excluding hydrogens is 218 g/mol. The molecular formula is C11H12F2O3. The molecule has 0 aromatic heterocycles. The molecule has 3 nitrogen and oxygen atoms in total. The molecule has 0 saturated heterocycles. The Hall–Kier alpha value is -1.65. The molecule has 0 amide bonds. The fourth-order valence-corrected chi connectivity index (χ4v) is 0.907. The molecule has 0 fully saturated rings. The summed E-state index contributed by atoms with van der Waals surface area (Å²) in [6.45, 7) is 5.00. The standard InChI is InChI=1S/C11H12F2O3/c1-11(2,3)16-10(14)15-7-4-5-8(12)9(13)6-7/h4-6H,1-3H3. The third-order valence-corrected chi connectivity index (χ3v) is 1.48. The van der Waals surface area contributed by atoms with Crippen LogP contribution in [0.2, 0.25) is 0 Å². The number of benzene rings is 1. The van der Waals surface area contributed by atoms with E-state index in [1.165, 1.54) is 0 Å². The summed E-state index contributed by atoms with van der Waals surface area (Å²) in [5.74, 6) is -2.19. The van der Waals surface area contributed by atoms with E-state index in [1.807, 2.05) is 0 Å². The monoisotopic (exact) mass is 230 g/mol. The van der Waals surface area contributed by atoms with E-state index in [0.29, 0.717) is 0 Å². The van der Waals surface area contributed by atoms with Gasteiger partial charge in [-0.1, -0.05) is 0 Å². The van der Waals surface area contributed by atoms with Crippen LogP contribution in [-0.4, -0.2) is 11.8 Å². The third kappa shape index (κ3) is 3.84. The first-order valence-corrected chi connectivity index (χ1v) is 4.64. The summed E-state index contributed by atoms with van der Waals surface area (Å²) in [4.78, 5) is 11.2. The van der Waals surface area contributed by atoms with Gasteiger partial charge in [0.25, 0.3) is 0 Å². The van der Waals surface area contributed by atoms with E-state index in [-0.39, 0.29) is 5.75 Å². The summed E-state index contributed by atoms with van der Waals surface area (Å²) in [5.41, 5.74) is -0.699. The minimum absolute atomic E-state index is 0.104. The molecule has 5 heteroatoms. The predicted molar refractivity (Wildman–Crippen MR) is 53.2 cm³/mol. The number of rotatable bonds is 1. The molecule has 0 unspecified atom stereocenters. The van der Waals surface area contributed by atoms with Gasteiger partial charge < -0.3 is 9.47 Å². The van der Waals surface area contributed by atoms with Crippen LogP contribution in [-0.2, 0) is 4.74 Å². The van der Waals surface area contributed by atoms with E-state index in [1.54, 1.807) is 20.8 Å². The van der Waals surface area contributed by atoms with Gasteiger partial charge in [0.05, 0.1) is 0 Å². The van der Waals surface area contributed by atoms with Crippen LogP contribution in [0, 0.1) is 11.6 Å². The van der Waals surface area contributed by atoms with Crippen LogP contribution in [0.1, 0.15) is 20.8 Å². The van der Waals surface area contributed by atoms with Crippen molar-refractivity contribution in [1.29, 1.82) is 0 Å². The molecule has 0 bridgehead atoms. The first-order chi connectivity index (χ1) is 7.28. The summed E-state index contributed by atoms with van der Waals surface area (Å²) < 4.78 is 34.8. The van der Waals surface area contributed by atoms with Crippen molar-refractivity contribution in [1.82, 2.24) is 0 Å². The quantitative estimate of drug-likeness (QED) is 0.548. The van der Waals surface area contributed by atoms with Crippen LogP contribution in [0.3, 0.4) is 0 Å². The van der Waals surface area contributed by atoms with Gasteiger partial charge in [-0.15, -0.1) is 0 Å². The molecule has 1 rings (SSSR count). The molecule has 1 aromatic carbocycles. The van der Waals surface area contributed by atoms with Crippen molar-refractivity contribution in [3.63, 3.8) is 0 Å². The van der Waals surface area contributed by atoms with Crippen molar-refractivity contribution in [2.24, 2.45) is 0 Å². The van der Waals surface area contributed by atoms with Crippen LogP contribution in [0.5, 0.6) is 5.75 Å². The summed E-state index contributed by atoms with van der Waals surface area (Å²) in [6, 6.07) is 2.79. The van der Waals surface area contributed by atoms with Crippen molar-refractivity contribution in [2.45, 2.75) is 26.4 Å². The minimum Gasteiger partial charge on any atom is -0.428 e. The first kappa shape index (κ1) is 12.4. The zero-order valence-corrected chi connectivity index (χ0v) is 9.21. The largest absolute Gasteiger partial charge is 0.514 e. The van der Waals surface area contributed by atoms with Crippen molar-refractivity contribution in [3.05, 3.63) is 29.8 Å². The van der Waals surface area contributed by atoms with Crippen molar-refractivity contribution < 1.29 is 23.0 Å². The van der Waals surface area contributed by atoms with Gasteiger partial charge in [-0.25, -0.2) is 13.6 Å². The molecule has 0 aliphatic carbocycles. The van der Waals surface area contributed by atoms with Gasteiger partial charge in [0.2, 0.25) is 0 Å². The Labute approximate surface area is 92.0 Å². The van der Waals surface area contributed by atoms with E-state index in [4.69, 9.17) is 4.74 Å². The highest BCUT2D eigenvalue weighted by Crippen LogP contribution is 2.17. The van der Waals surface area contributed by atoms with E-state index in [9.17, 15) is 13.6 Å². The molecule has 0 radical (unpaired) electrons. The summed E-state index contributed by atoms with van der Waals surface area (Å²) >= 11 is 0. The minimum atomic E-state index is -1.08. The van der Waals surface area contributed by atoms with Crippen LogP contribution >= 0.6 is 0 Å². The Morgan fingerprint density at radius 3 is 2.31 bits per heavy atom. The van der Waals surface area contributed by atoms with Crippen LogP contribution in [0.15, 0.2) is 18.2 Å². The Kier molecular flexibility index (Phi) is 3.47. The second kappa shape index (κ2) is 4.47. The van der Waals surface area contributed by atoms with Gasteiger partial charge in [0.15, 0.2) is 11.6 Å². The van der Waals surface area contributed by atoms with Gasteiger partial charge in [0.1, 0.15) is 11.4 Å². The van der Waals surface area contributed by atoms with Gasteiger partial charge in [0, 0.05) is 6.07 Å². The van der Waals surface area contributed by atoms with Crippen molar-refractivity contribution in [2.75, 3.05) is 0 Å². The number of halogens is 2. The number of hydrogen-bond acceptors (Lipinski definition) is 3. The topological polar surface area (TPSA) is 35.5 Å². The number of hydrogen-bond donors (Lipinski definition) is 0. The fourth-order valence-electron chi connectivity index (χ4n) is 0.907. The SMILES string of the molecule is CC(C)(C)OC(=O)Oc1ccc(F)c(F)c1. The van der Waals surface area contributed by atoms with Gasteiger partial charge in [-0.3, -0.25) is 0 Å². The average molecular weight is 230 g/mol. The number of carbonyl (C=O) groups excluding carboxylic acids is 1. The zero-order chi connectivity index (χ0) is 12.3. The van der Waals surface area contributed by atoms with Crippen molar-refractivity contribution >= 4 is 6.16 Å². The van der Waals surface area contributed by atoms with Crippen LogP contribution < -0.4 is 4.74 Å². The Bertz CT molecular complexity index is 397. The molecule has 88 valence electrons. The summed E-state index contributed by atoms with van der Waals surface area (Å²) in [5, 5.41) is 0. The maximum absolute atomic E-state index is 12.8. The van der Waals surface area contributed by atoms with Crippen molar-refractivity contribution in [3.8, 4) is 5.75 Å².